The van der Waals surface area contributed by atoms with Crippen molar-refractivity contribution < 1.29 is 0 Å². The molecule has 162 valence electrons. The van der Waals surface area contributed by atoms with Crippen molar-refractivity contribution >= 4 is 34.7 Å². The maximum Gasteiger partial charge on any atom is 0.213 e. The monoisotopic (exact) mass is 423 g/mol. The topological polar surface area (TPSA) is 43.6 Å². The molecule has 1 aliphatic rings. The van der Waals surface area contributed by atoms with E-state index in [1.165, 1.54) is 0 Å². The van der Waals surface area contributed by atoms with E-state index in [1.54, 1.807) is 0 Å². The Kier molecular flexibility index (Phi) is 6.45. The Hall–Kier alpha value is -3.73. The first-order chi connectivity index (χ1) is 15.5. The number of nitrogens with zero attached hydrogens (tertiary/aromatic N) is 5. The van der Waals surface area contributed by atoms with Gasteiger partial charge in [0, 0.05) is 12.1 Å². The normalized spacial score (nSPS) is 18.0. The fourth-order valence-electron chi connectivity index (χ4n) is 3.60. The lowest BCUT2D eigenvalue weighted by Crippen LogP contribution is -2.40. The van der Waals surface area contributed by atoms with Crippen LogP contribution in [0.1, 0.15) is 27.7 Å². The summed E-state index contributed by atoms with van der Waals surface area (Å²) in [5.41, 5.74) is 2.76. The highest BCUT2D eigenvalue weighted by Crippen LogP contribution is 2.29. The SMILES string of the molecule is CC(C)N=C1N(c2ccccc2)C(=Nc2ccccc2)C(=Nc2ccccc2)N1C(C)C. The van der Waals surface area contributed by atoms with Crippen LogP contribution in [0.3, 0.4) is 0 Å². The van der Waals surface area contributed by atoms with Gasteiger partial charge in [0.05, 0.1) is 17.1 Å². The summed E-state index contributed by atoms with van der Waals surface area (Å²) in [6, 6.07) is 30.6. The molecule has 4 rings (SSSR count). The summed E-state index contributed by atoms with van der Waals surface area (Å²) in [5, 5.41) is 0. The Balaban J connectivity index is 2.00. The molecule has 3 aromatic carbocycles. The molecule has 0 unspecified atom stereocenters. The molecule has 0 aromatic heterocycles. The van der Waals surface area contributed by atoms with E-state index < -0.39 is 0 Å². The zero-order chi connectivity index (χ0) is 22.5. The number of anilines is 1. The number of benzene rings is 3. The van der Waals surface area contributed by atoms with Gasteiger partial charge in [0.2, 0.25) is 5.96 Å². The summed E-state index contributed by atoms with van der Waals surface area (Å²) in [6.45, 7) is 8.50. The van der Waals surface area contributed by atoms with Crippen LogP contribution in [0.25, 0.3) is 0 Å². The van der Waals surface area contributed by atoms with Gasteiger partial charge in [-0.3, -0.25) is 9.80 Å². The Morgan fingerprint density at radius 2 is 1.06 bits per heavy atom. The maximum absolute atomic E-state index is 5.07. The number of para-hydroxylation sites is 3. The molecule has 3 aromatic rings. The van der Waals surface area contributed by atoms with Gasteiger partial charge < -0.3 is 0 Å². The lowest BCUT2D eigenvalue weighted by atomic mass is 10.3. The van der Waals surface area contributed by atoms with E-state index in [2.05, 4.69) is 49.6 Å². The summed E-state index contributed by atoms with van der Waals surface area (Å²) in [6.07, 6.45) is 0. The summed E-state index contributed by atoms with van der Waals surface area (Å²) >= 11 is 0. The van der Waals surface area contributed by atoms with Crippen molar-refractivity contribution in [3.05, 3.63) is 91.0 Å². The maximum atomic E-state index is 5.07. The van der Waals surface area contributed by atoms with Crippen LogP contribution in [0.5, 0.6) is 0 Å². The first-order valence-corrected chi connectivity index (χ1v) is 11.0. The number of amidine groups is 2. The van der Waals surface area contributed by atoms with Crippen LogP contribution in [0.15, 0.2) is 106 Å². The Labute approximate surface area is 190 Å². The largest absolute Gasteiger partial charge is 0.291 e. The minimum atomic E-state index is 0.117. The molecule has 1 fully saturated rings. The fourth-order valence-corrected chi connectivity index (χ4v) is 3.60. The fraction of sp³-hybridized carbons (Fsp3) is 0.222. The predicted octanol–water partition coefficient (Wildman–Crippen LogP) is 6.44. The third-order valence-electron chi connectivity index (χ3n) is 4.94. The lowest BCUT2D eigenvalue weighted by molar-refractivity contribution is 0.504. The Morgan fingerprint density at radius 3 is 1.53 bits per heavy atom. The van der Waals surface area contributed by atoms with Crippen molar-refractivity contribution in [3.8, 4) is 0 Å². The number of hydrogen-bond donors (Lipinski definition) is 0. The molecule has 0 atom stereocenters. The van der Waals surface area contributed by atoms with E-state index >= 15 is 0 Å². The van der Waals surface area contributed by atoms with Crippen LogP contribution in [-0.2, 0) is 0 Å². The van der Waals surface area contributed by atoms with E-state index in [9.17, 15) is 0 Å². The second-order valence-corrected chi connectivity index (χ2v) is 8.20. The minimum absolute atomic E-state index is 0.117. The second-order valence-electron chi connectivity index (χ2n) is 8.20. The van der Waals surface area contributed by atoms with Crippen LogP contribution in [-0.4, -0.2) is 34.6 Å². The molecule has 0 aliphatic carbocycles. The summed E-state index contributed by atoms with van der Waals surface area (Å²) in [4.78, 5) is 19.5. The van der Waals surface area contributed by atoms with Crippen molar-refractivity contribution in [2.45, 2.75) is 39.8 Å². The van der Waals surface area contributed by atoms with Crippen LogP contribution in [0.2, 0.25) is 0 Å². The molecule has 5 heteroatoms. The Morgan fingerprint density at radius 1 is 0.594 bits per heavy atom. The highest BCUT2D eigenvalue weighted by atomic mass is 15.5. The average molecular weight is 424 g/mol. The van der Waals surface area contributed by atoms with Crippen LogP contribution >= 0.6 is 0 Å². The van der Waals surface area contributed by atoms with Gasteiger partial charge in [-0.1, -0.05) is 54.6 Å². The first-order valence-electron chi connectivity index (χ1n) is 11.0. The van der Waals surface area contributed by atoms with Crippen molar-refractivity contribution in [2.24, 2.45) is 15.0 Å². The highest BCUT2D eigenvalue weighted by Gasteiger charge is 2.41. The number of hydrogen-bond acceptors (Lipinski definition) is 3. The molecule has 32 heavy (non-hydrogen) atoms. The molecule has 0 spiro atoms. The van der Waals surface area contributed by atoms with E-state index in [0.29, 0.717) is 0 Å². The van der Waals surface area contributed by atoms with Crippen molar-refractivity contribution in [1.82, 2.24) is 4.90 Å². The zero-order valence-corrected chi connectivity index (χ0v) is 19.1. The van der Waals surface area contributed by atoms with Gasteiger partial charge >= 0.3 is 0 Å². The van der Waals surface area contributed by atoms with Gasteiger partial charge in [-0.25, -0.2) is 15.0 Å². The van der Waals surface area contributed by atoms with E-state index in [4.69, 9.17) is 15.0 Å². The van der Waals surface area contributed by atoms with Gasteiger partial charge in [-0.2, -0.15) is 0 Å². The zero-order valence-electron chi connectivity index (χ0n) is 19.1. The van der Waals surface area contributed by atoms with Crippen molar-refractivity contribution in [2.75, 3.05) is 4.90 Å². The quantitative estimate of drug-likeness (QED) is 0.474. The second kappa shape index (κ2) is 9.60. The molecule has 0 radical (unpaired) electrons. The van der Waals surface area contributed by atoms with Gasteiger partial charge in [0.1, 0.15) is 0 Å². The first kappa shape index (κ1) is 21.5. The summed E-state index contributed by atoms with van der Waals surface area (Å²) in [5.74, 6) is 2.39. The van der Waals surface area contributed by atoms with E-state index in [-0.39, 0.29) is 12.1 Å². The van der Waals surface area contributed by atoms with Gasteiger partial charge in [0.25, 0.3) is 0 Å². The summed E-state index contributed by atoms with van der Waals surface area (Å²) < 4.78 is 0. The molecule has 0 bridgehead atoms. The molecule has 0 amide bonds. The van der Waals surface area contributed by atoms with Crippen molar-refractivity contribution in [3.63, 3.8) is 0 Å². The molecule has 1 heterocycles. The molecule has 0 N–H and O–H groups in total. The lowest BCUT2D eigenvalue weighted by Gasteiger charge is -2.25. The smallest absolute Gasteiger partial charge is 0.213 e. The molecule has 1 saturated heterocycles. The summed E-state index contributed by atoms with van der Waals surface area (Å²) in [7, 11) is 0. The van der Waals surface area contributed by atoms with Gasteiger partial charge in [-0.15, -0.1) is 0 Å². The van der Waals surface area contributed by atoms with Crippen LogP contribution < -0.4 is 4.90 Å². The van der Waals surface area contributed by atoms with Crippen molar-refractivity contribution in [1.29, 1.82) is 0 Å². The van der Waals surface area contributed by atoms with E-state index in [1.807, 2.05) is 78.9 Å². The Bertz CT molecular complexity index is 1120. The standard InChI is InChI=1S/C27H29N5/c1-20(2)28-27-31(21(3)4)25(29-22-14-8-5-9-15-22)26(30-23-16-10-6-11-17-23)32(27)24-18-12-7-13-19-24/h5-21H,1-4H3. The number of guanidine groups is 1. The van der Waals surface area contributed by atoms with E-state index in [0.717, 1.165) is 34.7 Å². The predicted molar refractivity (Wildman–Crippen MR) is 136 cm³/mol. The van der Waals surface area contributed by atoms with Crippen LogP contribution in [0.4, 0.5) is 17.1 Å². The minimum Gasteiger partial charge on any atom is -0.291 e. The number of aliphatic imine (C=N–C) groups is 3. The third kappa shape index (κ3) is 4.62. The average Bonchev–Trinajstić information content (AvgIpc) is 3.07. The highest BCUT2D eigenvalue weighted by molar-refractivity contribution is 6.57. The molecule has 5 nitrogen and oxygen atoms in total. The number of rotatable bonds is 5. The molecular formula is C27H29N5. The third-order valence-corrected chi connectivity index (χ3v) is 4.94. The van der Waals surface area contributed by atoms with Gasteiger partial charge in [0.15, 0.2) is 11.7 Å². The molecular weight excluding hydrogens is 394 g/mol. The molecule has 0 saturated carbocycles. The van der Waals surface area contributed by atoms with Gasteiger partial charge in [-0.05, 0) is 64.1 Å². The van der Waals surface area contributed by atoms with Crippen LogP contribution in [0, 0.1) is 0 Å². The molecule has 1 aliphatic heterocycles.